The van der Waals surface area contributed by atoms with E-state index in [9.17, 15) is 15.0 Å². The average molecular weight is 590 g/mol. The van der Waals surface area contributed by atoms with Crippen molar-refractivity contribution in [2.75, 3.05) is 20.2 Å². The lowest BCUT2D eigenvalue weighted by Gasteiger charge is -2.60. The molecule has 2 aromatic rings. The summed E-state index contributed by atoms with van der Waals surface area (Å²) < 4.78 is 6.14. The van der Waals surface area contributed by atoms with Gasteiger partial charge in [0.25, 0.3) is 0 Å². The second-order valence-corrected chi connectivity index (χ2v) is 14.4. The number of carbonyl (C=O) groups is 1. The molecular weight excluding hydrogens is 534 g/mol. The predicted octanol–water partition coefficient (Wildman–Crippen LogP) is 8.37. The third-order valence-electron chi connectivity index (χ3n) is 11.6. The Morgan fingerprint density at radius 2 is 1.72 bits per heavy atom. The molecule has 6 atom stereocenters. The number of carbonyl (C=O) groups excluding carboxylic acids is 1. The summed E-state index contributed by atoms with van der Waals surface area (Å²) in [5.74, 6) is 2.75. The molecule has 0 spiro atoms. The lowest BCUT2D eigenvalue weighted by molar-refractivity contribution is -0.130. The van der Waals surface area contributed by atoms with E-state index in [0.717, 1.165) is 89.3 Å². The maximum absolute atomic E-state index is 12.2. The number of amides is 1. The number of ether oxygens (including phenoxy) is 1. The van der Waals surface area contributed by atoms with Crippen LogP contribution in [0.1, 0.15) is 126 Å². The van der Waals surface area contributed by atoms with E-state index in [2.05, 4.69) is 51.1 Å². The smallest absolute Gasteiger partial charge is 0.222 e. The number of aryl methyl sites for hydroxylation is 1. The van der Waals surface area contributed by atoms with Crippen LogP contribution in [0, 0.1) is 16.7 Å². The molecule has 2 N–H and O–H groups in total. The highest BCUT2D eigenvalue weighted by atomic mass is 16.5. The van der Waals surface area contributed by atoms with Crippen molar-refractivity contribution in [3.8, 4) is 11.5 Å². The first-order chi connectivity index (χ1) is 20.7. The molecule has 43 heavy (non-hydrogen) atoms. The predicted molar refractivity (Wildman–Crippen MR) is 174 cm³/mol. The molecular formula is C38H55NO4. The van der Waals surface area contributed by atoms with Crippen molar-refractivity contribution in [2.24, 2.45) is 16.7 Å². The first-order valence-electron chi connectivity index (χ1n) is 17.1. The summed E-state index contributed by atoms with van der Waals surface area (Å²) in [4.78, 5) is 14.1. The number of aromatic hydroxyl groups is 1. The lowest BCUT2D eigenvalue weighted by atomic mass is 9.44. The van der Waals surface area contributed by atoms with Crippen LogP contribution in [0.4, 0.5) is 0 Å². The zero-order chi connectivity index (χ0) is 30.6. The van der Waals surface area contributed by atoms with Gasteiger partial charge in [-0.2, -0.15) is 0 Å². The molecule has 2 unspecified atom stereocenters. The van der Waals surface area contributed by atoms with E-state index >= 15 is 0 Å². The molecule has 5 heteroatoms. The van der Waals surface area contributed by atoms with Crippen molar-refractivity contribution in [3.63, 3.8) is 0 Å². The molecule has 5 nitrogen and oxygen atoms in total. The SMILES string of the molecule is CCCCN(C)C(=O)CCCCCCCOc1ccc([C@H]2C[C@@]3(C)C(CC[C@@H]3O)[C@]3(C)CCc4cc(O)ccc4C23)cc1. The van der Waals surface area contributed by atoms with Crippen LogP contribution in [0.3, 0.4) is 0 Å². The highest BCUT2D eigenvalue weighted by molar-refractivity contribution is 5.75. The lowest BCUT2D eigenvalue weighted by Crippen LogP contribution is -2.52. The molecule has 0 aliphatic heterocycles. The summed E-state index contributed by atoms with van der Waals surface area (Å²) in [6, 6.07) is 14.8. The molecule has 1 amide bonds. The van der Waals surface area contributed by atoms with Crippen LogP contribution in [0.15, 0.2) is 42.5 Å². The number of nitrogens with zero attached hydrogens (tertiary/aromatic N) is 1. The van der Waals surface area contributed by atoms with Crippen LogP contribution in [-0.4, -0.2) is 47.3 Å². The van der Waals surface area contributed by atoms with Crippen molar-refractivity contribution in [3.05, 3.63) is 59.2 Å². The van der Waals surface area contributed by atoms with Crippen molar-refractivity contribution < 1.29 is 19.7 Å². The minimum Gasteiger partial charge on any atom is -0.508 e. The number of phenols is 1. The van der Waals surface area contributed by atoms with Crippen LogP contribution >= 0.6 is 0 Å². The fraction of sp³-hybridized carbons (Fsp3) is 0.658. The second-order valence-electron chi connectivity index (χ2n) is 14.4. The van der Waals surface area contributed by atoms with Crippen molar-refractivity contribution in [1.82, 2.24) is 4.90 Å². The molecule has 5 rings (SSSR count). The molecule has 236 valence electrons. The van der Waals surface area contributed by atoms with Gasteiger partial charge in [0.05, 0.1) is 12.7 Å². The largest absolute Gasteiger partial charge is 0.508 e. The number of aliphatic hydroxyl groups excluding tert-OH is 1. The van der Waals surface area contributed by atoms with Gasteiger partial charge in [-0.25, -0.2) is 0 Å². The van der Waals surface area contributed by atoms with E-state index in [1.165, 1.54) is 16.7 Å². The van der Waals surface area contributed by atoms with Gasteiger partial charge in [-0.05, 0) is 121 Å². The van der Waals surface area contributed by atoms with Gasteiger partial charge in [0.1, 0.15) is 11.5 Å². The minimum absolute atomic E-state index is 0.0717. The molecule has 2 fully saturated rings. The summed E-state index contributed by atoms with van der Waals surface area (Å²) in [6.45, 7) is 8.57. The summed E-state index contributed by atoms with van der Waals surface area (Å²) in [6.07, 6.45) is 13.1. The van der Waals surface area contributed by atoms with Crippen LogP contribution in [-0.2, 0) is 11.2 Å². The number of aliphatic hydroxyl groups is 1. The third-order valence-corrected chi connectivity index (χ3v) is 11.6. The molecule has 3 aliphatic rings. The van der Waals surface area contributed by atoms with E-state index in [4.69, 9.17) is 4.74 Å². The number of benzene rings is 2. The number of hydrogen-bond donors (Lipinski definition) is 2. The van der Waals surface area contributed by atoms with E-state index in [1.54, 1.807) is 0 Å². The summed E-state index contributed by atoms with van der Waals surface area (Å²) >= 11 is 0. The highest BCUT2D eigenvalue weighted by Crippen LogP contribution is 2.70. The zero-order valence-electron chi connectivity index (χ0n) is 27.1. The summed E-state index contributed by atoms with van der Waals surface area (Å²) in [5, 5.41) is 21.5. The van der Waals surface area contributed by atoms with Gasteiger partial charge in [-0.3, -0.25) is 4.79 Å². The molecule has 2 aromatic carbocycles. The van der Waals surface area contributed by atoms with Gasteiger partial charge >= 0.3 is 0 Å². The van der Waals surface area contributed by atoms with Gasteiger partial charge in [0, 0.05) is 20.0 Å². The molecule has 0 radical (unpaired) electrons. The fourth-order valence-corrected chi connectivity index (χ4v) is 9.19. The highest BCUT2D eigenvalue weighted by Gasteiger charge is 2.62. The Bertz CT molecular complexity index is 1230. The normalized spacial score (nSPS) is 29.4. The summed E-state index contributed by atoms with van der Waals surface area (Å²) in [5.41, 5.74) is 4.07. The zero-order valence-corrected chi connectivity index (χ0v) is 27.1. The average Bonchev–Trinajstić information content (AvgIpc) is 3.31. The standard InChI is InChI=1S/C38H55NO4/c1-5-6-23-39(4)35(42)12-10-8-7-9-11-24-43-30-16-13-27(14-17-30)32-26-38(3)33(19-20-34(38)41)37(2)22-21-28-25-29(40)15-18-31(28)36(32)37/h13-18,25,32-34,36,40-41H,5-12,19-24,26H2,1-4H3/t32-,33?,34+,36?,37+,38+/m1/s1. The second kappa shape index (κ2) is 13.6. The van der Waals surface area contributed by atoms with Crippen molar-refractivity contribution in [2.45, 2.75) is 122 Å². The number of hydrogen-bond acceptors (Lipinski definition) is 4. The van der Waals surface area contributed by atoms with Gasteiger partial charge in [-0.1, -0.05) is 64.7 Å². The minimum atomic E-state index is -0.241. The van der Waals surface area contributed by atoms with Gasteiger partial charge in [0.2, 0.25) is 5.91 Å². The van der Waals surface area contributed by atoms with Crippen LogP contribution in [0.5, 0.6) is 11.5 Å². The molecule has 0 aromatic heterocycles. The molecule has 2 saturated carbocycles. The maximum Gasteiger partial charge on any atom is 0.222 e. The molecule has 0 bridgehead atoms. The van der Waals surface area contributed by atoms with Crippen LogP contribution in [0.25, 0.3) is 0 Å². The van der Waals surface area contributed by atoms with E-state index in [1.807, 2.05) is 24.1 Å². The van der Waals surface area contributed by atoms with Crippen LogP contribution < -0.4 is 4.74 Å². The van der Waals surface area contributed by atoms with Crippen LogP contribution in [0.2, 0.25) is 0 Å². The molecule has 0 heterocycles. The quantitative estimate of drug-likeness (QED) is 0.230. The van der Waals surface area contributed by atoms with Crippen molar-refractivity contribution in [1.29, 1.82) is 0 Å². The topological polar surface area (TPSA) is 70.0 Å². The Hall–Kier alpha value is -2.53. The first-order valence-corrected chi connectivity index (χ1v) is 17.1. The number of unbranched alkanes of at least 4 members (excludes halogenated alkanes) is 5. The Kier molecular flexibility index (Phi) is 10.1. The first kappa shape index (κ1) is 31.9. The van der Waals surface area contributed by atoms with E-state index < -0.39 is 0 Å². The summed E-state index contributed by atoms with van der Waals surface area (Å²) in [7, 11) is 1.92. The fourth-order valence-electron chi connectivity index (χ4n) is 9.19. The number of rotatable bonds is 13. The third kappa shape index (κ3) is 6.62. The Morgan fingerprint density at radius 3 is 2.49 bits per heavy atom. The van der Waals surface area contributed by atoms with Gasteiger partial charge in [0.15, 0.2) is 0 Å². The van der Waals surface area contributed by atoms with Crippen molar-refractivity contribution >= 4 is 5.91 Å². The number of phenolic OH excluding ortho intramolecular Hbond substituents is 1. The van der Waals surface area contributed by atoms with E-state index in [0.29, 0.717) is 36.5 Å². The van der Waals surface area contributed by atoms with Gasteiger partial charge in [-0.15, -0.1) is 0 Å². The van der Waals surface area contributed by atoms with Gasteiger partial charge < -0.3 is 19.8 Å². The molecule has 0 saturated heterocycles. The Morgan fingerprint density at radius 1 is 0.977 bits per heavy atom. The Balaban J connectivity index is 1.17. The maximum atomic E-state index is 12.2. The molecule has 3 aliphatic carbocycles. The van der Waals surface area contributed by atoms with E-state index in [-0.39, 0.29) is 22.8 Å². The Labute approximate surface area is 260 Å². The number of fused-ring (bicyclic) bond motifs is 5. The monoisotopic (exact) mass is 589 g/mol.